The first-order chi connectivity index (χ1) is 9.47. The minimum Gasteiger partial charge on any atom is -0.354 e. The Balaban J connectivity index is 2.19. The van der Waals surface area contributed by atoms with E-state index in [0.29, 0.717) is 5.69 Å². The SMILES string of the molecule is Cc1cc(=O)cc(C(=O)N[C@@H](C)c2ncccc2C)[nH]1. The van der Waals surface area contributed by atoms with Crippen LogP contribution in [0.1, 0.15) is 40.4 Å². The summed E-state index contributed by atoms with van der Waals surface area (Å²) >= 11 is 0. The molecular weight excluding hydrogens is 254 g/mol. The van der Waals surface area contributed by atoms with Crippen molar-refractivity contribution in [1.29, 1.82) is 0 Å². The van der Waals surface area contributed by atoms with Crippen LogP contribution in [0.3, 0.4) is 0 Å². The fraction of sp³-hybridized carbons (Fsp3) is 0.267. The highest BCUT2D eigenvalue weighted by Gasteiger charge is 2.14. The van der Waals surface area contributed by atoms with E-state index < -0.39 is 0 Å². The second-order valence-corrected chi connectivity index (χ2v) is 4.81. The smallest absolute Gasteiger partial charge is 0.268 e. The number of carbonyl (C=O) groups excluding carboxylic acids is 1. The molecule has 2 aromatic rings. The average Bonchev–Trinajstić information content (AvgIpc) is 2.37. The van der Waals surface area contributed by atoms with Gasteiger partial charge < -0.3 is 10.3 Å². The van der Waals surface area contributed by atoms with Crippen LogP contribution in [0.4, 0.5) is 0 Å². The van der Waals surface area contributed by atoms with Gasteiger partial charge >= 0.3 is 0 Å². The van der Waals surface area contributed by atoms with Crippen LogP contribution in [0.25, 0.3) is 0 Å². The second-order valence-electron chi connectivity index (χ2n) is 4.81. The van der Waals surface area contributed by atoms with Crippen molar-refractivity contribution in [1.82, 2.24) is 15.3 Å². The highest BCUT2D eigenvalue weighted by molar-refractivity contribution is 5.92. The predicted molar refractivity (Wildman–Crippen MR) is 76.7 cm³/mol. The Labute approximate surface area is 117 Å². The third-order valence-corrected chi connectivity index (χ3v) is 3.03. The van der Waals surface area contributed by atoms with Crippen LogP contribution in [-0.4, -0.2) is 15.9 Å². The topological polar surface area (TPSA) is 74.8 Å². The van der Waals surface area contributed by atoms with Crippen molar-refractivity contribution in [2.24, 2.45) is 0 Å². The van der Waals surface area contributed by atoms with Gasteiger partial charge in [-0.3, -0.25) is 14.6 Å². The Morgan fingerprint density at radius 1 is 1.35 bits per heavy atom. The van der Waals surface area contributed by atoms with Crippen molar-refractivity contribution in [2.75, 3.05) is 0 Å². The third kappa shape index (κ3) is 3.12. The van der Waals surface area contributed by atoms with Crippen LogP contribution >= 0.6 is 0 Å². The summed E-state index contributed by atoms with van der Waals surface area (Å²) in [5, 5.41) is 2.84. The quantitative estimate of drug-likeness (QED) is 0.895. The molecule has 0 saturated heterocycles. The Bertz CT molecular complexity index is 692. The molecule has 5 heteroatoms. The largest absolute Gasteiger partial charge is 0.354 e. The first kappa shape index (κ1) is 14.0. The highest BCUT2D eigenvalue weighted by atomic mass is 16.2. The summed E-state index contributed by atoms with van der Waals surface area (Å²) in [5.41, 5.74) is 2.56. The number of aromatic amines is 1. The van der Waals surface area contributed by atoms with Crippen LogP contribution in [0.5, 0.6) is 0 Å². The number of pyridine rings is 2. The van der Waals surface area contributed by atoms with Gasteiger partial charge in [-0.15, -0.1) is 0 Å². The van der Waals surface area contributed by atoms with Crippen molar-refractivity contribution in [3.63, 3.8) is 0 Å². The normalized spacial score (nSPS) is 11.9. The van der Waals surface area contributed by atoms with Gasteiger partial charge in [0.15, 0.2) is 5.43 Å². The molecule has 0 unspecified atom stereocenters. The number of nitrogens with zero attached hydrogens (tertiary/aromatic N) is 1. The maximum absolute atomic E-state index is 12.1. The monoisotopic (exact) mass is 271 g/mol. The lowest BCUT2D eigenvalue weighted by atomic mass is 10.1. The van der Waals surface area contributed by atoms with Crippen LogP contribution in [0.2, 0.25) is 0 Å². The molecule has 0 fully saturated rings. The maximum atomic E-state index is 12.1. The van der Waals surface area contributed by atoms with Crippen molar-refractivity contribution < 1.29 is 4.79 Å². The number of H-pyrrole nitrogens is 1. The molecule has 5 nitrogen and oxygen atoms in total. The average molecular weight is 271 g/mol. The first-order valence-corrected chi connectivity index (χ1v) is 6.40. The van der Waals surface area contributed by atoms with Gasteiger partial charge in [0.25, 0.3) is 5.91 Å². The minimum atomic E-state index is -0.316. The number of hydrogen-bond acceptors (Lipinski definition) is 3. The van der Waals surface area contributed by atoms with Crippen molar-refractivity contribution in [3.8, 4) is 0 Å². The number of aromatic nitrogens is 2. The van der Waals surface area contributed by atoms with Crippen LogP contribution in [0, 0.1) is 13.8 Å². The Kier molecular flexibility index (Phi) is 3.98. The molecule has 0 aliphatic heterocycles. The zero-order valence-corrected chi connectivity index (χ0v) is 11.7. The summed E-state index contributed by atoms with van der Waals surface area (Å²) in [7, 11) is 0. The first-order valence-electron chi connectivity index (χ1n) is 6.40. The fourth-order valence-electron chi connectivity index (χ4n) is 2.10. The van der Waals surface area contributed by atoms with Crippen molar-refractivity contribution in [3.05, 3.63) is 63.3 Å². The summed E-state index contributed by atoms with van der Waals surface area (Å²) in [6.07, 6.45) is 1.69. The zero-order chi connectivity index (χ0) is 14.7. The summed E-state index contributed by atoms with van der Waals surface area (Å²) < 4.78 is 0. The number of amides is 1. The van der Waals surface area contributed by atoms with E-state index in [1.807, 2.05) is 26.0 Å². The lowest BCUT2D eigenvalue weighted by molar-refractivity contribution is 0.0933. The molecule has 0 saturated carbocycles. The summed E-state index contributed by atoms with van der Waals surface area (Å²) in [4.78, 5) is 30.7. The number of aryl methyl sites for hydroxylation is 2. The zero-order valence-electron chi connectivity index (χ0n) is 11.7. The van der Waals surface area contributed by atoms with Gasteiger partial charge in [0.05, 0.1) is 11.7 Å². The minimum absolute atomic E-state index is 0.187. The summed E-state index contributed by atoms with van der Waals surface area (Å²) in [6.45, 7) is 5.55. The van der Waals surface area contributed by atoms with Gasteiger partial charge in [0, 0.05) is 24.0 Å². The van der Waals surface area contributed by atoms with E-state index in [9.17, 15) is 9.59 Å². The van der Waals surface area contributed by atoms with Crippen molar-refractivity contribution >= 4 is 5.91 Å². The molecule has 0 aromatic carbocycles. The molecule has 0 spiro atoms. The molecule has 2 heterocycles. The molecular formula is C15H17N3O2. The van der Waals surface area contributed by atoms with Gasteiger partial charge in [-0.05, 0) is 32.4 Å². The number of nitrogens with one attached hydrogen (secondary N) is 2. The highest BCUT2D eigenvalue weighted by Crippen LogP contribution is 2.14. The molecule has 0 radical (unpaired) electrons. The molecule has 1 amide bonds. The van der Waals surface area contributed by atoms with Gasteiger partial charge in [0.2, 0.25) is 0 Å². The molecule has 2 N–H and O–H groups in total. The maximum Gasteiger partial charge on any atom is 0.268 e. The van der Waals surface area contributed by atoms with Crippen LogP contribution < -0.4 is 10.7 Å². The molecule has 1 atom stereocenters. The fourth-order valence-corrected chi connectivity index (χ4v) is 2.10. The van der Waals surface area contributed by atoms with E-state index in [1.54, 1.807) is 13.1 Å². The van der Waals surface area contributed by atoms with E-state index in [1.165, 1.54) is 12.1 Å². The number of hydrogen-bond donors (Lipinski definition) is 2. The molecule has 0 aliphatic rings. The van der Waals surface area contributed by atoms with Gasteiger partial charge in [-0.25, -0.2) is 0 Å². The van der Waals surface area contributed by atoms with E-state index >= 15 is 0 Å². The molecule has 2 rings (SSSR count). The van der Waals surface area contributed by atoms with E-state index in [4.69, 9.17) is 0 Å². The standard InChI is InChI=1S/C15H17N3O2/c1-9-5-4-6-16-14(9)11(3)18-15(20)13-8-12(19)7-10(2)17-13/h4-8,11H,1-3H3,(H,17,19)(H,18,20)/t11-/m0/s1. The summed E-state index contributed by atoms with van der Waals surface area (Å²) in [5.74, 6) is -0.316. The molecule has 0 aliphatic carbocycles. The lowest BCUT2D eigenvalue weighted by Gasteiger charge is -2.15. The van der Waals surface area contributed by atoms with E-state index in [0.717, 1.165) is 11.3 Å². The Morgan fingerprint density at radius 2 is 2.10 bits per heavy atom. The number of carbonyl (C=O) groups is 1. The molecule has 104 valence electrons. The predicted octanol–water partition coefficient (Wildman–Crippen LogP) is 1.88. The summed E-state index contributed by atoms with van der Waals surface area (Å²) in [6, 6.07) is 6.31. The van der Waals surface area contributed by atoms with E-state index in [2.05, 4.69) is 15.3 Å². The van der Waals surface area contributed by atoms with Crippen LogP contribution in [-0.2, 0) is 0 Å². The molecule has 0 bridgehead atoms. The number of rotatable bonds is 3. The second kappa shape index (κ2) is 5.69. The lowest BCUT2D eigenvalue weighted by Crippen LogP contribution is -2.29. The van der Waals surface area contributed by atoms with E-state index in [-0.39, 0.29) is 23.1 Å². The van der Waals surface area contributed by atoms with Gasteiger partial charge in [-0.1, -0.05) is 6.07 Å². The third-order valence-electron chi connectivity index (χ3n) is 3.03. The van der Waals surface area contributed by atoms with Crippen molar-refractivity contribution in [2.45, 2.75) is 26.8 Å². The Hall–Kier alpha value is -2.43. The van der Waals surface area contributed by atoms with Gasteiger partial charge in [0.1, 0.15) is 5.69 Å². The molecule has 2 aromatic heterocycles. The molecule has 20 heavy (non-hydrogen) atoms. The van der Waals surface area contributed by atoms with Gasteiger partial charge in [-0.2, -0.15) is 0 Å². The Morgan fingerprint density at radius 3 is 2.75 bits per heavy atom. The van der Waals surface area contributed by atoms with Crippen LogP contribution in [0.15, 0.2) is 35.3 Å².